The maximum atomic E-state index is 12.2. The normalized spacial score (nSPS) is 18.1. The standard InChI is InChI=1S/C16H18BrNO2/c1-10(18-12-6-4-11(17)5-7-12)15-13(19)8-16(2,3)9-14(15)20/h4-7,18H,8-9H2,1-3H3. The van der Waals surface area contributed by atoms with Crippen LogP contribution in [0.2, 0.25) is 0 Å². The van der Waals surface area contributed by atoms with Crippen LogP contribution in [0.25, 0.3) is 0 Å². The highest BCUT2D eigenvalue weighted by atomic mass is 79.9. The molecule has 0 amide bonds. The summed E-state index contributed by atoms with van der Waals surface area (Å²) >= 11 is 3.37. The Balaban J connectivity index is 2.25. The van der Waals surface area contributed by atoms with Gasteiger partial charge >= 0.3 is 0 Å². The average molecular weight is 336 g/mol. The summed E-state index contributed by atoms with van der Waals surface area (Å²) in [6, 6.07) is 7.62. The van der Waals surface area contributed by atoms with E-state index < -0.39 is 0 Å². The summed E-state index contributed by atoms with van der Waals surface area (Å²) in [7, 11) is 0. The smallest absolute Gasteiger partial charge is 0.168 e. The lowest BCUT2D eigenvalue weighted by molar-refractivity contribution is -0.127. The molecule has 1 fully saturated rings. The van der Waals surface area contributed by atoms with Gasteiger partial charge in [0.1, 0.15) is 0 Å². The second kappa shape index (κ2) is 5.52. The van der Waals surface area contributed by atoms with Gasteiger partial charge in [-0.2, -0.15) is 0 Å². The lowest BCUT2D eigenvalue weighted by atomic mass is 9.73. The van der Waals surface area contributed by atoms with Crippen molar-refractivity contribution in [3.63, 3.8) is 0 Å². The Morgan fingerprint density at radius 2 is 1.60 bits per heavy atom. The van der Waals surface area contributed by atoms with Crippen LogP contribution in [-0.4, -0.2) is 11.6 Å². The number of halogens is 1. The van der Waals surface area contributed by atoms with Crippen molar-refractivity contribution >= 4 is 33.2 Å². The Kier molecular flexibility index (Phi) is 4.14. The van der Waals surface area contributed by atoms with Gasteiger partial charge in [0.2, 0.25) is 0 Å². The van der Waals surface area contributed by atoms with Crippen molar-refractivity contribution in [1.82, 2.24) is 0 Å². The van der Waals surface area contributed by atoms with E-state index in [0.29, 0.717) is 24.1 Å². The number of allylic oxidation sites excluding steroid dienone is 2. The Morgan fingerprint density at radius 1 is 1.10 bits per heavy atom. The fraction of sp³-hybridized carbons (Fsp3) is 0.375. The molecule has 0 unspecified atom stereocenters. The molecule has 4 heteroatoms. The predicted molar refractivity (Wildman–Crippen MR) is 83.5 cm³/mol. The first-order valence-corrected chi connectivity index (χ1v) is 7.38. The van der Waals surface area contributed by atoms with Crippen molar-refractivity contribution in [3.8, 4) is 0 Å². The van der Waals surface area contributed by atoms with Gasteiger partial charge in [0, 0.05) is 28.7 Å². The highest BCUT2D eigenvalue weighted by molar-refractivity contribution is 9.10. The number of hydrogen-bond acceptors (Lipinski definition) is 3. The molecule has 0 bridgehead atoms. The van der Waals surface area contributed by atoms with E-state index in [1.165, 1.54) is 0 Å². The van der Waals surface area contributed by atoms with Crippen molar-refractivity contribution in [2.45, 2.75) is 33.6 Å². The number of benzene rings is 1. The van der Waals surface area contributed by atoms with E-state index in [9.17, 15) is 9.59 Å². The van der Waals surface area contributed by atoms with Gasteiger partial charge in [-0.3, -0.25) is 9.59 Å². The summed E-state index contributed by atoms with van der Waals surface area (Å²) in [6.07, 6.45) is 0.848. The number of ketones is 2. The summed E-state index contributed by atoms with van der Waals surface area (Å²) in [5, 5.41) is 3.14. The zero-order valence-electron chi connectivity index (χ0n) is 11.9. The zero-order valence-corrected chi connectivity index (χ0v) is 13.5. The van der Waals surface area contributed by atoms with Crippen LogP contribution in [0.5, 0.6) is 0 Å². The number of carbonyl (C=O) groups excluding carboxylic acids is 2. The summed E-state index contributed by atoms with van der Waals surface area (Å²) in [5.74, 6) is -0.123. The van der Waals surface area contributed by atoms with E-state index in [1.54, 1.807) is 6.92 Å². The molecule has 0 aliphatic heterocycles. The molecule has 0 radical (unpaired) electrons. The quantitative estimate of drug-likeness (QED) is 0.653. The summed E-state index contributed by atoms with van der Waals surface area (Å²) in [6.45, 7) is 5.69. The molecule has 0 atom stereocenters. The van der Waals surface area contributed by atoms with Gasteiger partial charge in [-0.25, -0.2) is 0 Å². The van der Waals surface area contributed by atoms with Gasteiger partial charge < -0.3 is 5.32 Å². The predicted octanol–water partition coefficient (Wildman–Crippen LogP) is 4.09. The monoisotopic (exact) mass is 335 g/mol. The number of anilines is 1. The van der Waals surface area contributed by atoms with E-state index in [1.807, 2.05) is 38.1 Å². The zero-order chi connectivity index (χ0) is 14.9. The third kappa shape index (κ3) is 3.37. The highest BCUT2D eigenvalue weighted by Crippen LogP contribution is 2.34. The van der Waals surface area contributed by atoms with Gasteiger partial charge in [-0.05, 0) is 36.6 Å². The van der Waals surface area contributed by atoms with Crippen LogP contribution < -0.4 is 5.32 Å². The number of carbonyl (C=O) groups is 2. The van der Waals surface area contributed by atoms with Crippen molar-refractivity contribution in [3.05, 3.63) is 40.0 Å². The highest BCUT2D eigenvalue weighted by Gasteiger charge is 2.36. The maximum absolute atomic E-state index is 12.2. The van der Waals surface area contributed by atoms with E-state index in [-0.39, 0.29) is 17.0 Å². The number of Topliss-reactive ketones (excluding diaryl/α,β-unsaturated/α-hetero) is 2. The molecular formula is C16H18BrNO2. The molecule has 0 heterocycles. The number of nitrogens with one attached hydrogen (secondary N) is 1. The van der Waals surface area contributed by atoms with Crippen molar-refractivity contribution in [2.75, 3.05) is 5.32 Å². The molecule has 3 nitrogen and oxygen atoms in total. The molecule has 1 aromatic rings. The average Bonchev–Trinajstić information content (AvgIpc) is 2.29. The fourth-order valence-electron chi connectivity index (χ4n) is 2.49. The first kappa shape index (κ1) is 15.0. The molecule has 106 valence electrons. The maximum Gasteiger partial charge on any atom is 0.168 e. The van der Waals surface area contributed by atoms with Gasteiger partial charge in [0.15, 0.2) is 11.6 Å². The minimum absolute atomic E-state index is 0.0617. The van der Waals surface area contributed by atoms with E-state index >= 15 is 0 Å². The first-order chi connectivity index (χ1) is 9.28. The molecule has 0 aromatic heterocycles. The van der Waals surface area contributed by atoms with Gasteiger partial charge in [-0.1, -0.05) is 29.8 Å². The lowest BCUT2D eigenvalue weighted by Crippen LogP contribution is -2.32. The molecule has 0 saturated heterocycles. The molecule has 1 N–H and O–H groups in total. The molecular weight excluding hydrogens is 318 g/mol. The Bertz CT molecular complexity index is 563. The molecule has 20 heavy (non-hydrogen) atoms. The van der Waals surface area contributed by atoms with Gasteiger partial charge in [0.25, 0.3) is 0 Å². The Morgan fingerprint density at radius 3 is 2.10 bits per heavy atom. The number of rotatable bonds is 2. The van der Waals surface area contributed by atoms with Crippen LogP contribution in [-0.2, 0) is 9.59 Å². The minimum Gasteiger partial charge on any atom is -0.358 e. The molecule has 1 aromatic carbocycles. The summed E-state index contributed by atoms with van der Waals surface area (Å²) < 4.78 is 0.986. The van der Waals surface area contributed by atoms with Crippen LogP contribution in [0.15, 0.2) is 40.0 Å². The molecule has 2 rings (SSSR count). The lowest BCUT2D eigenvalue weighted by Gasteiger charge is -2.29. The fourth-order valence-corrected chi connectivity index (χ4v) is 2.76. The third-order valence-electron chi connectivity index (χ3n) is 3.39. The van der Waals surface area contributed by atoms with E-state index in [4.69, 9.17) is 0 Å². The van der Waals surface area contributed by atoms with Crippen LogP contribution in [0.3, 0.4) is 0 Å². The second-order valence-corrected chi connectivity index (χ2v) is 6.91. The first-order valence-electron chi connectivity index (χ1n) is 6.58. The van der Waals surface area contributed by atoms with Crippen molar-refractivity contribution in [2.24, 2.45) is 5.41 Å². The summed E-state index contributed by atoms with van der Waals surface area (Å²) in [5.41, 5.74) is 1.60. The topological polar surface area (TPSA) is 46.2 Å². The van der Waals surface area contributed by atoms with Crippen LogP contribution in [0.1, 0.15) is 33.6 Å². The molecule has 0 spiro atoms. The van der Waals surface area contributed by atoms with Crippen LogP contribution in [0, 0.1) is 5.41 Å². The summed E-state index contributed by atoms with van der Waals surface area (Å²) in [4.78, 5) is 24.4. The number of hydrogen-bond donors (Lipinski definition) is 1. The van der Waals surface area contributed by atoms with E-state index in [0.717, 1.165) is 10.2 Å². The SMILES string of the molecule is CC(Nc1ccc(Br)cc1)=C1C(=O)CC(C)(C)CC1=O. The Labute approximate surface area is 127 Å². The molecule has 1 saturated carbocycles. The van der Waals surface area contributed by atoms with Crippen molar-refractivity contribution < 1.29 is 9.59 Å². The van der Waals surface area contributed by atoms with Gasteiger partial charge in [0.05, 0.1) is 5.57 Å². The second-order valence-electron chi connectivity index (χ2n) is 6.00. The van der Waals surface area contributed by atoms with Crippen LogP contribution >= 0.6 is 15.9 Å². The largest absolute Gasteiger partial charge is 0.358 e. The van der Waals surface area contributed by atoms with Crippen molar-refractivity contribution in [1.29, 1.82) is 0 Å². The molecule has 1 aliphatic rings. The third-order valence-corrected chi connectivity index (χ3v) is 3.92. The minimum atomic E-state index is -0.227. The van der Waals surface area contributed by atoms with Crippen LogP contribution in [0.4, 0.5) is 5.69 Å². The Hall–Kier alpha value is -1.42. The van der Waals surface area contributed by atoms with Gasteiger partial charge in [-0.15, -0.1) is 0 Å². The van der Waals surface area contributed by atoms with E-state index in [2.05, 4.69) is 21.2 Å². The molecule has 1 aliphatic carbocycles.